The zero-order valence-electron chi connectivity index (χ0n) is 17.3. The van der Waals surface area contributed by atoms with Crippen LogP contribution in [0.2, 0.25) is 0 Å². The lowest BCUT2D eigenvalue weighted by molar-refractivity contribution is -0.137. The van der Waals surface area contributed by atoms with Crippen molar-refractivity contribution in [3.05, 3.63) is 71.8 Å². The molecule has 168 valence electrons. The standard InChI is InChI=1S/C25H19F3N2O3/c26-25(27,28)18-6-1-2-7-19(18)29-22(31)12-4-3-5-13(10-12)30-23(32)20-14-8-9-15(17-11-16(14)17)21(20)24(30)33/h1-10,14-17,20-21H,11H2,(H,29,31)/t14-,15-,16-,17-,20-,21+/m0/s1. The van der Waals surface area contributed by atoms with E-state index in [1.165, 1.54) is 36.4 Å². The lowest BCUT2D eigenvalue weighted by Crippen LogP contribution is -2.40. The van der Waals surface area contributed by atoms with E-state index in [-0.39, 0.29) is 52.4 Å². The summed E-state index contributed by atoms with van der Waals surface area (Å²) in [6, 6.07) is 10.6. The second-order valence-electron chi connectivity index (χ2n) is 9.21. The van der Waals surface area contributed by atoms with Gasteiger partial charge in [0.2, 0.25) is 11.8 Å². The van der Waals surface area contributed by atoms with Crippen LogP contribution in [0.4, 0.5) is 24.5 Å². The van der Waals surface area contributed by atoms with Crippen molar-refractivity contribution in [2.45, 2.75) is 12.6 Å². The van der Waals surface area contributed by atoms with Gasteiger partial charge in [0.15, 0.2) is 0 Å². The Morgan fingerprint density at radius 1 is 0.909 bits per heavy atom. The number of carbonyl (C=O) groups is 3. The number of alkyl halides is 3. The van der Waals surface area contributed by atoms with Gasteiger partial charge in [-0.25, -0.2) is 4.90 Å². The van der Waals surface area contributed by atoms with Crippen LogP contribution in [0, 0.1) is 35.5 Å². The topological polar surface area (TPSA) is 66.5 Å². The van der Waals surface area contributed by atoms with Crippen molar-refractivity contribution in [3.63, 3.8) is 0 Å². The number of imide groups is 1. The molecule has 4 aliphatic carbocycles. The quantitative estimate of drug-likeness (QED) is 0.550. The van der Waals surface area contributed by atoms with Crippen LogP contribution in [0.5, 0.6) is 0 Å². The van der Waals surface area contributed by atoms with Crippen LogP contribution in [0.25, 0.3) is 0 Å². The molecule has 0 spiro atoms. The highest BCUT2D eigenvalue weighted by Gasteiger charge is 2.67. The Morgan fingerprint density at radius 3 is 2.18 bits per heavy atom. The highest BCUT2D eigenvalue weighted by atomic mass is 19.4. The molecule has 3 fully saturated rings. The van der Waals surface area contributed by atoms with Gasteiger partial charge >= 0.3 is 6.18 Å². The van der Waals surface area contributed by atoms with Gasteiger partial charge in [-0.1, -0.05) is 30.4 Å². The molecule has 0 unspecified atom stereocenters. The number of nitrogens with one attached hydrogen (secondary N) is 1. The van der Waals surface area contributed by atoms with Gasteiger partial charge in [0.05, 0.1) is 28.8 Å². The van der Waals surface area contributed by atoms with Gasteiger partial charge in [-0.2, -0.15) is 13.2 Å². The number of carbonyl (C=O) groups excluding carboxylic acids is 3. The molecule has 1 aliphatic heterocycles. The molecular weight excluding hydrogens is 433 g/mol. The second kappa shape index (κ2) is 6.79. The first kappa shape index (κ1) is 20.2. The van der Waals surface area contributed by atoms with Gasteiger partial charge in [0.25, 0.3) is 5.91 Å². The molecule has 3 amide bonds. The summed E-state index contributed by atoms with van der Waals surface area (Å²) in [7, 11) is 0. The van der Waals surface area contributed by atoms with Crippen LogP contribution < -0.4 is 10.2 Å². The predicted octanol–water partition coefficient (Wildman–Crippen LogP) is 4.52. The van der Waals surface area contributed by atoms with Crippen molar-refractivity contribution in [1.82, 2.24) is 0 Å². The van der Waals surface area contributed by atoms with E-state index in [1.807, 2.05) is 0 Å². The first-order valence-corrected chi connectivity index (χ1v) is 10.9. The minimum Gasteiger partial charge on any atom is -0.321 e. The summed E-state index contributed by atoms with van der Waals surface area (Å²) in [5.41, 5.74) is -0.986. The number of amides is 3. The number of hydrogen-bond donors (Lipinski definition) is 1. The van der Waals surface area contributed by atoms with Crippen LogP contribution >= 0.6 is 0 Å². The Hall–Kier alpha value is -3.42. The lowest BCUT2D eigenvalue weighted by Gasteiger charge is -2.37. The summed E-state index contributed by atoms with van der Waals surface area (Å²) in [5.74, 6) is -0.890. The van der Waals surface area contributed by atoms with Crippen LogP contribution in [0.1, 0.15) is 22.3 Å². The number of anilines is 2. The van der Waals surface area contributed by atoms with E-state index in [4.69, 9.17) is 0 Å². The van der Waals surface area contributed by atoms with Gasteiger partial charge in [-0.15, -0.1) is 0 Å². The monoisotopic (exact) mass is 452 g/mol. The lowest BCUT2D eigenvalue weighted by atomic mass is 9.63. The van der Waals surface area contributed by atoms with Crippen LogP contribution in [0.15, 0.2) is 60.7 Å². The van der Waals surface area contributed by atoms with Crippen LogP contribution in [-0.4, -0.2) is 17.7 Å². The van der Waals surface area contributed by atoms with E-state index in [9.17, 15) is 27.6 Å². The Morgan fingerprint density at radius 2 is 1.55 bits per heavy atom. The molecule has 2 aromatic rings. The van der Waals surface area contributed by atoms with E-state index >= 15 is 0 Å². The smallest absolute Gasteiger partial charge is 0.321 e. The normalized spacial score (nSPS) is 31.4. The molecule has 2 bridgehead atoms. The third-order valence-electron chi connectivity index (χ3n) is 7.51. The maximum absolute atomic E-state index is 13.3. The van der Waals surface area contributed by atoms with Crippen molar-refractivity contribution >= 4 is 29.1 Å². The van der Waals surface area contributed by atoms with E-state index in [0.717, 1.165) is 17.4 Å². The fourth-order valence-corrected chi connectivity index (χ4v) is 6.03. The number of para-hydroxylation sites is 1. The number of rotatable bonds is 3. The number of allylic oxidation sites excluding steroid dienone is 2. The summed E-state index contributed by atoms with van der Waals surface area (Å²) in [6.45, 7) is 0. The summed E-state index contributed by atoms with van der Waals surface area (Å²) in [6.07, 6.45) is 0.600. The van der Waals surface area contributed by atoms with Crippen molar-refractivity contribution in [2.24, 2.45) is 35.5 Å². The van der Waals surface area contributed by atoms with Gasteiger partial charge in [-0.05, 0) is 60.4 Å². The minimum atomic E-state index is -4.62. The first-order valence-electron chi connectivity index (χ1n) is 10.9. The number of halogens is 3. The molecule has 5 nitrogen and oxygen atoms in total. The van der Waals surface area contributed by atoms with Crippen molar-refractivity contribution in [3.8, 4) is 0 Å². The molecule has 2 saturated carbocycles. The third-order valence-corrected chi connectivity index (χ3v) is 7.51. The fraction of sp³-hybridized carbons (Fsp3) is 0.320. The van der Waals surface area contributed by atoms with Gasteiger partial charge in [0.1, 0.15) is 0 Å². The zero-order chi connectivity index (χ0) is 23.1. The number of benzene rings is 2. The Labute approximate surface area is 187 Å². The summed E-state index contributed by atoms with van der Waals surface area (Å²) in [4.78, 5) is 40.5. The Kier molecular flexibility index (Phi) is 4.16. The molecule has 0 radical (unpaired) electrons. The van der Waals surface area contributed by atoms with Crippen molar-refractivity contribution < 1.29 is 27.6 Å². The predicted molar refractivity (Wildman–Crippen MR) is 113 cm³/mol. The molecule has 33 heavy (non-hydrogen) atoms. The maximum Gasteiger partial charge on any atom is 0.418 e. The minimum absolute atomic E-state index is 0.0592. The zero-order valence-corrected chi connectivity index (χ0v) is 17.3. The molecule has 0 aromatic heterocycles. The molecule has 1 saturated heterocycles. The van der Waals surface area contributed by atoms with Gasteiger partial charge in [0, 0.05) is 5.56 Å². The van der Waals surface area contributed by atoms with Gasteiger partial charge in [-0.3, -0.25) is 14.4 Å². The molecule has 5 aliphatic rings. The van der Waals surface area contributed by atoms with Crippen molar-refractivity contribution in [1.29, 1.82) is 0 Å². The third kappa shape index (κ3) is 2.96. The van der Waals surface area contributed by atoms with Crippen LogP contribution in [-0.2, 0) is 15.8 Å². The Bertz CT molecular complexity index is 1200. The summed E-state index contributed by atoms with van der Waals surface area (Å²) < 4.78 is 39.8. The number of nitrogens with zero attached hydrogens (tertiary/aromatic N) is 1. The molecule has 2 aromatic carbocycles. The molecule has 6 atom stereocenters. The molecule has 1 N–H and O–H groups in total. The summed E-state index contributed by atoms with van der Waals surface area (Å²) in [5, 5.41) is 2.30. The highest BCUT2D eigenvalue weighted by molar-refractivity contribution is 6.23. The maximum atomic E-state index is 13.3. The Balaban J connectivity index is 1.28. The molecule has 7 rings (SSSR count). The van der Waals surface area contributed by atoms with Crippen molar-refractivity contribution in [2.75, 3.05) is 10.2 Å². The number of hydrogen-bond acceptors (Lipinski definition) is 3. The SMILES string of the molecule is O=C(Nc1ccccc1C(F)(F)F)c1cccc(N2C(=O)[C@@H]3[C@H]4C=C[C@@H]([C@@H]5C[C@@H]45)[C@@H]3C2=O)c1. The largest absolute Gasteiger partial charge is 0.418 e. The second-order valence-corrected chi connectivity index (χ2v) is 9.21. The molecular formula is C25H19F3N2O3. The molecule has 1 heterocycles. The van der Waals surface area contributed by atoms with Crippen LogP contribution in [0.3, 0.4) is 0 Å². The van der Waals surface area contributed by atoms with E-state index in [1.54, 1.807) is 6.07 Å². The average molecular weight is 452 g/mol. The van der Waals surface area contributed by atoms with E-state index in [2.05, 4.69) is 17.5 Å². The van der Waals surface area contributed by atoms with Gasteiger partial charge < -0.3 is 5.32 Å². The average Bonchev–Trinajstić information content (AvgIpc) is 3.57. The molecule has 8 heteroatoms. The van der Waals surface area contributed by atoms with E-state index in [0.29, 0.717) is 11.8 Å². The fourth-order valence-electron chi connectivity index (χ4n) is 6.03. The van der Waals surface area contributed by atoms with E-state index < -0.39 is 17.6 Å². The first-order chi connectivity index (χ1) is 15.8. The highest BCUT2D eigenvalue weighted by Crippen LogP contribution is 2.65. The summed E-state index contributed by atoms with van der Waals surface area (Å²) >= 11 is 0.